The summed E-state index contributed by atoms with van der Waals surface area (Å²) in [5.41, 5.74) is 1.31. The molecule has 1 heterocycles. The standard InChI is InChI=1S/C19H25ClN4O3/c1-12(17(25)26)11-23(5)18(27)21-16-10-15(19(2,3)4)22-24(16)14-8-6-7-13(20)9-14/h6-10,12H,11H2,1-5H3,(H,21,27)(H,25,26). The number of hydrogen-bond donors (Lipinski definition) is 2. The van der Waals surface area contributed by atoms with E-state index in [0.717, 1.165) is 11.4 Å². The molecule has 2 amide bonds. The van der Waals surface area contributed by atoms with Crippen LogP contribution in [-0.4, -0.2) is 45.4 Å². The second-order valence-electron chi connectivity index (χ2n) is 7.61. The van der Waals surface area contributed by atoms with Crippen LogP contribution in [0.15, 0.2) is 30.3 Å². The monoisotopic (exact) mass is 392 g/mol. The number of benzene rings is 1. The van der Waals surface area contributed by atoms with Gasteiger partial charge < -0.3 is 10.0 Å². The van der Waals surface area contributed by atoms with Crippen LogP contribution in [-0.2, 0) is 10.2 Å². The van der Waals surface area contributed by atoms with Crippen molar-refractivity contribution in [2.75, 3.05) is 18.9 Å². The summed E-state index contributed by atoms with van der Waals surface area (Å²) in [6, 6.07) is 8.57. The summed E-state index contributed by atoms with van der Waals surface area (Å²) in [6.45, 7) is 7.75. The van der Waals surface area contributed by atoms with Gasteiger partial charge in [-0.1, -0.05) is 45.4 Å². The third-order valence-electron chi connectivity index (χ3n) is 4.08. The second-order valence-corrected chi connectivity index (χ2v) is 8.04. The quantitative estimate of drug-likeness (QED) is 0.804. The van der Waals surface area contributed by atoms with Crippen LogP contribution < -0.4 is 5.32 Å². The molecule has 7 nitrogen and oxygen atoms in total. The highest BCUT2D eigenvalue weighted by molar-refractivity contribution is 6.30. The van der Waals surface area contributed by atoms with Gasteiger partial charge in [0.25, 0.3) is 0 Å². The largest absolute Gasteiger partial charge is 0.481 e. The highest BCUT2D eigenvalue weighted by Crippen LogP contribution is 2.27. The SMILES string of the molecule is CC(CN(C)C(=O)Nc1cc(C(C)(C)C)nn1-c1cccc(Cl)c1)C(=O)O. The second kappa shape index (κ2) is 8.00. The molecule has 0 saturated heterocycles. The van der Waals surface area contributed by atoms with Crippen LogP contribution in [0.2, 0.25) is 5.02 Å². The number of nitrogens with one attached hydrogen (secondary N) is 1. The van der Waals surface area contributed by atoms with Crippen LogP contribution in [0.1, 0.15) is 33.4 Å². The van der Waals surface area contributed by atoms with Gasteiger partial charge in [0, 0.05) is 30.1 Å². The fraction of sp³-hybridized carbons (Fsp3) is 0.421. The number of urea groups is 1. The molecule has 1 aromatic heterocycles. The van der Waals surface area contributed by atoms with Crippen molar-refractivity contribution in [1.82, 2.24) is 14.7 Å². The minimum absolute atomic E-state index is 0.0958. The van der Waals surface area contributed by atoms with E-state index < -0.39 is 17.9 Å². The van der Waals surface area contributed by atoms with E-state index >= 15 is 0 Å². The van der Waals surface area contributed by atoms with E-state index in [-0.39, 0.29) is 12.0 Å². The number of carbonyl (C=O) groups excluding carboxylic acids is 1. The molecule has 8 heteroatoms. The molecule has 2 N–H and O–H groups in total. The first-order chi connectivity index (χ1) is 12.5. The predicted molar refractivity (Wildman–Crippen MR) is 106 cm³/mol. The summed E-state index contributed by atoms with van der Waals surface area (Å²) in [5, 5.41) is 17.0. The fourth-order valence-corrected chi connectivity index (χ4v) is 2.60. The van der Waals surface area contributed by atoms with Crippen molar-refractivity contribution in [1.29, 1.82) is 0 Å². The first-order valence-electron chi connectivity index (χ1n) is 8.60. The third kappa shape index (κ3) is 5.23. The minimum Gasteiger partial charge on any atom is -0.481 e. The van der Waals surface area contributed by atoms with E-state index in [4.69, 9.17) is 16.7 Å². The van der Waals surface area contributed by atoms with Crippen molar-refractivity contribution in [2.24, 2.45) is 5.92 Å². The summed E-state index contributed by atoms with van der Waals surface area (Å²) >= 11 is 6.09. The van der Waals surface area contributed by atoms with E-state index in [9.17, 15) is 9.59 Å². The molecular weight excluding hydrogens is 368 g/mol. The molecule has 0 aliphatic carbocycles. The molecule has 0 aliphatic heterocycles. The van der Waals surface area contributed by atoms with Crippen LogP contribution in [0.4, 0.5) is 10.6 Å². The number of nitrogens with zero attached hydrogens (tertiary/aromatic N) is 3. The van der Waals surface area contributed by atoms with Gasteiger partial charge in [-0.05, 0) is 18.2 Å². The van der Waals surface area contributed by atoms with Gasteiger partial charge in [0.15, 0.2) is 0 Å². The lowest BCUT2D eigenvalue weighted by Gasteiger charge is -2.20. The van der Waals surface area contributed by atoms with Crippen molar-refractivity contribution in [3.05, 3.63) is 41.0 Å². The number of rotatable bonds is 5. The molecule has 1 unspecified atom stereocenters. The Morgan fingerprint density at radius 3 is 2.56 bits per heavy atom. The summed E-state index contributed by atoms with van der Waals surface area (Å²) < 4.78 is 1.62. The maximum atomic E-state index is 12.5. The van der Waals surface area contributed by atoms with Gasteiger partial charge in [0.1, 0.15) is 5.82 Å². The molecule has 27 heavy (non-hydrogen) atoms. The number of carboxylic acids is 1. The molecule has 1 atom stereocenters. The molecule has 0 saturated carbocycles. The van der Waals surface area contributed by atoms with Gasteiger partial charge in [0.2, 0.25) is 0 Å². The van der Waals surface area contributed by atoms with Gasteiger partial charge in [0.05, 0.1) is 17.3 Å². The zero-order valence-corrected chi connectivity index (χ0v) is 16.9. The van der Waals surface area contributed by atoms with Gasteiger partial charge in [-0.3, -0.25) is 10.1 Å². The van der Waals surface area contributed by atoms with E-state index in [0.29, 0.717) is 10.8 Å². The summed E-state index contributed by atoms with van der Waals surface area (Å²) in [7, 11) is 1.56. The average Bonchev–Trinajstić information content (AvgIpc) is 2.98. The number of aliphatic carboxylic acids is 1. The Hall–Kier alpha value is -2.54. The third-order valence-corrected chi connectivity index (χ3v) is 4.32. The highest BCUT2D eigenvalue weighted by atomic mass is 35.5. The first-order valence-corrected chi connectivity index (χ1v) is 8.98. The Morgan fingerprint density at radius 1 is 1.33 bits per heavy atom. The van der Waals surface area contributed by atoms with Crippen molar-refractivity contribution in [2.45, 2.75) is 33.1 Å². The average molecular weight is 393 g/mol. The summed E-state index contributed by atoms with van der Waals surface area (Å²) in [5.74, 6) is -1.13. The van der Waals surface area contributed by atoms with Gasteiger partial charge in [-0.2, -0.15) is 5.10 Å². The van der Waals surface area contributed by atoms with Crippen LogP contribution in [0.5, 0.6) is 0 Å². The molecule has 146 valence electrons. The fourth-order valence-electron chi connectivity index (χ4n) is 2.42. The Labute approximate surface area is 163 Å². The molecule has 0 radical (unpaired) electrons. The molecule has 0 spiro atoms. The Bertz CT molecular complexity index is 842. The van der Waals surface area contributed by atoms with Crippen LogP contribution in [0.25, 0.3) is 5.69 Å². The number of hydrogen-bond acceptors (Lipinski definition) is 3. The number of carbonyl (C=O) groups is 2. The number of anilines is 1. The van der Waals surface area contributed by atoms with E-state index in [1.807, 2.05) is 39.0 Å². The maximum absolute atomic E-state index is 12.5. The first kappa shape index (κ1) is 20.8. The zero-order chi connectivity index (χ0) is 20.4. The van der Waals surface area contributed by atoms with Crippen molar-refractivity contribution in [3.63, 3.8) is 0 Å². The number of carboxylic acid groups (broad SMARTS) is 1. The van der Waals surface area contributed by atoms with Crippen LogP contribution >= 0.6 is 11.6 Å². The molecular formula is C19H25ClN4O3. The smallest absolute Gasteiger partial charge is 0.322 e. The molecule has 2 aromatic rings. The van der Waals surface area contributed by atoms with E-state index in [1.54, 1.807) is 30.8 Å². The van der Waals surface area contributed by atoms with Crippen molar-refractivity contribution in [3.8, 4) is 5.69 Å². The van der Waals surface area contributed by atoms with Crippen molar-refractivity contribution < 1.29 is 14.7 Å². The summed E-state index contributed by atoms with van der Waals surface area (Å²) in [6.07, 6.45) is 0. The molecule has 0 fully saturated rings. The predicted octanol–water partition coefficient (Wildman–Crippen LogP) is 4.01. The lowest BCUT2D eigenvalue weighted by atomic mass is 9.92. The number of halogens is 1. The van der Waals surface area contributed by atoms with Gasteiger partial charge in [-0.25, -0.2) is 9.48 Å². The minimum atomic E-state index is -0.950. The lowest BCUT2D eigenvalue weighted by molar-refractivity contribution is -0.141. The van der Waals surface area contributed by atoms with Crippen molar-refractivity contribution >= 4 is 29.4 Å². The van der Waals surface area contributed by atoms with Gasteiger partial charge >= 0.3 is 12.0 Å². The molecule has 0 bridgehead atoms. The van der Waals surface area contributed by atoms with Crippen LogP contribution in [0.3, 0.4) is 0 Å². The van der Waals surface area contributed by atoms with Crippen LogP contribution in [0, 0.1) is 5.92 Å². The Kier molecular flexibility index (Phi) is 6.15. The van der Waals surface area contributed by atoms with Gasteiger partial charge in [-0.15, -0.1) is 0 Å². The lowest BCUT2D eigenvalue weighted by Crippen LogP contribution is -2.37. The zero-order valence-electron chi connectivity index (χ0n) is 16.2. The van der Waals surface area contributed by atoms with E-state index in [2.05, 4.69) is 10.4 Å². The Balaban J connectivity index is 2.33. The normalized spacial score (nSPS) is 12.5. The highest BCUT2D eigenvalue weighted by Gasteiger charge is 2.23. The number of amides is 2. The molecule has 1 aromatic carbocycles. The topological polar surface area (TPSA) is 87.5 Å². The summed E-state index contributed by atoms with van der Waals surface area (Å²) in [4.78, 5) is 24.9. The Morgan fingerprint density at radius 2 is 2.00 bits per heavy atom. The maximum Gasteiger partial charge on any atom is 0.322 e. The van der Waals surface area contributed by atoms with E-state index in [1.165, 1.54) is 4.90 Å². The molecule has 2 rings (SSSR count). The molecule has 0 aliphatic rings. The number of aromatic nitrogens is 2.